The van der Waals surface area contributed by atoms with Gasteiger partial charge in [0, 0.05) is 27.7 Å². The summed E-state index contributed by atoms with van der Waals surface area (Å²) < 4.78 is 6.61. The zero-order valence-electron chi connectivity index (χ0n) is 10.8. The second-order valence-electron chi connectivity index (χ2n) is 4.60. The minimum atomic E-state index is 0.0114. The smallest absolute Gasteiger partial charge is 0.134 e. The van der Waals surface area contributed by atoms with Crippen LogP contribution >= 0.6 is 15.9 Å². The van der Waals surface area contributed by atoms with Crippen LogP contribution in [0.2, 0.25) is 0 Å². The van der Waals surface area contributed by atoms with Crippen LogP contribution in [0.1, 0.15) is 11.6 Å². The molecule has 2 aromatic carbocycles. The fourth-order valence-electron chi connectivity index (χ4n) is 2.30. The molecule has 0 bridgehead atoms. The largest absolute Gasteiger partial charge is 0.464 e. The number of nitrogens with one attached hydrogen (secondary N) is 1. The van der Waals surface area contributed by atoms with Gasteiger partial charge < -0.3 is 15.5 Å². The minimum absolute atomic E-state index is 0.0114. The van der Waals surface area contributed by atoms with E-state index in [1.54, 1.807) is 6.26 Å². The van der Waals surface area contributed by atoms with E-state index in [4.69, 9.17) is 10.2 Å². The Balaban J connectivity index is 1.96. The maximum absolute atomic E-state index is 5.93. The summed E-state index contributed by atoms with van der Waals surface area (Å²) in [5, 5.41) is 4.56. The van der Waals surface area contributed by atoms with Crippen molar-refractivity contribution in [2.45, 2.75) is 6.04 Å². The molecule has 20 heavy (non-hydrogen) atoms. The molecule has 0 radical (unpaired) electrons. The third-order valence-electron chi connectivity index (χ3n) is 3.33. The fourth-order valence-corrected chi connectivity index (χ4v) is 2.70. The maximum Gasteiger partial charge on any atom is 0.134 e. The number of fused-ring (bicyclic) bond motifs is 1. The van der Waals surface area contributed by atoms with Crippen LogP contribution in [0, 0.1) is 0 Å². The molecule has 4 heteroatoms. The summed E-state index contributed by atoms with van der Waals surface area (Å²) in [5.74, 6) is 0. The molecule has 3 rings (SSSR count). The van der Waals surface area contributed by atoms with E-state index in [1.807, 2.05) is 42.5 Å². The molecule has 1 atom stereocenters. The summed E-state index contributed by atoms with van der Waals surface area (Å²) >= 11 is 3.54. The van der Waals surface area contributed by atoms with Gasteiger partial charge in [-0.1, -0.05) is 30.3 Å². The fraction of sp³-hybridized carbons (Fsp3) is 0.125. The number of nitrogens with two attached hydrogens (primary N) is 1. The average Bonchev–Trinajstić information content (AvgIpc) is 2.90. The van der Waals surface area contributed by atoms with Gasteiger partial charge in [0.1, 0.15) is 5.58 Å². The van der Waals surface area contributed by atoms with Crippen LogP contribution < -0.4 is 11.1 Å². The van der Waals surface area contributed by atoms with Gasteiger partial charge in [0.15, 0.2) is 0 Å². The number of halogens is 1. The maximum atomic E-state index is 5.93. The van der Waals surface area contributed by atoms with Gasteiger partial charge in [0.05, 0.1) is 12.3 Å². The molecule has 1 heterocycles. The van der Waals surface area contributed by atoms with Crippen molar-refractivity contribution in [3.05, 3.63) is 64.8 Å². The van der Waals surface area contributed by atoms with Gasteiger partial charge in [0.25, 0.3) is 0 Å². The lowest BCUT2D eigenvalue weighted by molar-refractivity contribution is 0.604. The van der Waals surface area contributed by atoms with E-state index in [9.17, 15) is 0 Å². The van der Waals surface area contributed by atoms with Crippen LogP contribution in [0.25, 0.3) is 11.0 Å². The first-order chi connectivity index (χ1) is 9.79. The van der Waals surface area contributed by atoms with Crippen LogP contribution in [0.15, 0.2) is 63.7 Å². The molecule has 0 spiro atoms. The normalized spacial score (nSPS) is 12.5. The molecule has 0 aliphatic heterocycles. The summed E-state index contributed by atoms with van der Waals surface area (Å²) in [4.78, 5) is 0. The number of anilines is 1. The monoisotopic (exact) mass is 330 g/mol. The first kappa shape index (κ1) is 13.2. The number of benzene rings is 2. The van der Waals surface area contributed by atoms with Gasteiger partial charge in [-0.05, 0) is 34.1 Å². The lowest BCUT2D eigenvalue weighted by Crippen LogP contribution is -2.20. The molecular formula is C16H15BrN2O. The first-order valence-corrected chi connectivity index (χ1v) is 7.26. The highest BCUT2D eigenvalue weighted by Gasteiger charge is 2.16. The molecule has 0 saturated carbocycles. The summed E-state index contributed by atoms with van der Waals surface area (Å²) in [5.41, 5.74) is 8.92. The highest BCUT2D eigenvalue weighted by Crippen LogP contribution is 2.30. The van der Waals surface area contributed by atoms with E-state index in [-0.39, 0.29) is 6.04 Å². The van der Waals surface area contributed by atoms with Crippen LogP contribution in [0.5, 0.6) is 0 Å². The summed E-state index contributed by atoms with van der Waals surface area (Å²) in [6.45, 7) is 0.491. The van der Waals surface area contributed by atoms with Crippen molar-refractivity contribution in [3.8, 4) is 0 Å². The third-order valence-corrected chi connectivity index (χ3v) is 4.02. The average molecular weight is 331 g/mol. The Morgan fingerprint density at radius 1 is 1.10 bits per heavy atom. The zero-order chi connectivity index (χ0) is 13.9. The molecule has 102 valence electrons. The second kappa shape index (κ2) is 5.69. The Morgan fingerprint density at radius 3 is 2.65 bits per heavy atom. The molecular weight excluding hydrogens is 316 g/mol. The van der Waals surface area contributed by atoms with E-state index in [1.165, 1.54) is 0 Å². The van der Waals surface area contributed by atoms with Crippen molar-refractivity contribution in [1.29, 1.82) is 0 Å². The molecule has 1 unspecified atom stereocenters. The lowest BCUT2D eigenvalue weighted by Gasteiger charge is -2.18. The molecule has 0 aliphatic carbocycles. The number of hydrogen-bond donors (Lipinski definition) is 2. The van der Waals surface area contributed by atoms with Crippen molar-refractivity contribution in [2.24, 2.45) is 5.73 Å². The minimum Gasteiger partial charge on any atom is -0.464 e. The topological polar surface area (TPSA) is 51.2 Å². The Labute approximate surface area is 125 Å². The molecule has 3 N–H and O–H groups in total. The molecule has 3 nitrogen and oxygen atoms in total. The highest BCUT2D eigenvalue weighted by molar-refractivity contribution is 9.10. The molecule has 0 aliphatic rings. The standard InChI is InChI=1S/C16H15BrN2O/c17-13-6-2-3-7-14(13)19-15(9-18)12-10-20-16-8-4-1-5-11(12)16/h1-8,10,15,19H,9,18H2. The summed E-state index contributed by atoms with van der Waals surface area (Å²) in [7, 11) is 0. The lowest BCUT2D eigenvalue weighted by atomic mass is 10.1. The van der Waals surface area contributed by atoms with E-state index in [0.29, 0.717) is 6.54 Å². The highest BCUT2D eigenvalue weighted by atomic mass is 79.9. The van der Waals surface area contributed by atoms with E-state index in [2.05, 4.69) is 27.3 Å². The van der Waals surface area contributed by atoms with Gasteiger partial charge in [0.2, 0.25) is 0 Å². The van der Waals surface area contributed by atoms with Gasteiger partial charge in [-0.3, -0.25) is 0 Å². The van der Waals surface area contributed by atoms with Crippen molar-refractivity contribution in [3.63, 3.8) is 0 Å². The number of furan rings is 1. The van der Waals surface area contributed by atoms with Gasteiger partial charge in [-0.15, -0.1) is 0 Å². The van der Waals surface area contributed by atoms with Crippen LogP contribution in [0.3, 0.4) is 0 Å². The van der Waals surface area contributed by atoms with Gasteiger partial charge in [-0.2, -0.15) is 0 Å². The number of para-hydroxylation sites is 2. The summed E-state index contributed by atoms with van der Waals surface area (Å²) in [6.07, 6.45) is 1.78. The van der Waals surface area contributed by atoms with Gasteiger partial charge >= 0.3 is 0 Å². The summed E-state index contributed by atoms with van der Waals surface area (Å²) in [6, 6.07) is 16.0. The predicted octanol–water partition coefficient (Wildman–Crippen LogP) is 4.31. The van der Waals surface area contributed by atoms with Crippen LogP contribution in [-0.4, -0.2) is 6.54 Å². The van der Waals surface area contributed by atoms with Crippen molar-refractivity contribution >= 4 is 32.6 Å². The Kier molecular flexibility index (Phi) is 3.76. The predicted molar refractivity (Wildman–Crippen MR) is 85.8 cm³/mol. The Hall–Kier alpha value is -1.78. The SMILES string of the molecule is NCC(Nc1ccccc1Br)c1coc2ccccc12. The molecule has 1 aromatic heterocycles. The molecule has 0 saturated heterocycles. The zero-order valence-corrected chi connectivity index (χ0v) is 12.4. The number of hydrogen-bond acceptors (Lipinski definition) is 3. The first-order valence-electron chi connectivity index (χ1n) is 6.47. The van der Waals surface area contributed by atoms with Crippen molar-refractivity contribution in [2.75, 3.05) is 11.9 Å². The van der Waals surface area contributed by atoms with E-state index in [0.717, 1.165) is 26.7 Å². The Bertz CT molecular complexity index is 723. The quantitative estimate of drug-likeness (QED) is 0.749. The van der Waals surface area contributed by atoms with Crippen molar-refractivity contribution in [1.82, 2.24) is 0 Å². The van der Waals surface area contributed by atoms with E-state index < -0.39 is 0 Å². The molecule has 0 fully saturated rings. The molecule has 3 aromatic rings. The third kappa shape index (κ3) is 2.44. The van der Waals surface area contributed by atoms with Crippen LogP contribution in [-0.2, 0) is 0 Å². The second-order valence-corrected chi connectivity index (χ2v) is 5.45. The molecule has 0 amide bonds. The van der Waals surface area contributed by atoms with E-state index >= 15 is 0 Å². The Morgan fingerprint density at radius 2 is 1.85 bits per heavy atom. The van der Waals surface area contributed by atoms with Crippen molar-refractivity contribution < 1.29 is 4.42 Å². The number of rotatable bonds is 4. The van der Waals surface area contributed by atoms with Crippen LogP contribution in [0.4, 0.5) is 5.69 Å². The van der Waals surface area contributed by atoms with Gasteiger partial charge in [-0.25, -0.2) is 0 Å².